The van der Waals surface area contributed by atoms with Crippen LogP contribution < -0.4 is 0 Å². The van der Waals surface area contributed by atoms with E-state index < -0.39 is 0 Å². The molecule has 0 spiro atoms. The predicted molar refractivity (Wildman–Crippen MR) is 57.1 cm³/mol. The van der Waals surface area contributed by atoms with Crippen LogP contribution >= 0.6 is 11.6 Å². The topological polar surface area (TPSA) is 43.1 Å². The Balaban J connectivity index is 2.16. The molecule has 1 aliphatic carbocycles. The third kappa shape index (κ3) is 1.40. The first-order chi connectivity index (χ1) is 7.24. The van der Waals surface area contributed by atoms with E-state index >= 15 is 0 Å². The highest BCUT2D eigenvalue weighted by atomic mass is 35.5. The van der Waals surface area contributed by atoms with Crippen molar-refractivity contribution in [1.29, 1.82) is 0 Å². The fraction of sp³-hybridized carbons (Fsp3) is 0.500. The second-order valence-electron chi connectivity index (χ2n) is 4.03. The monoisotopic (exact) mass is 222 g/mol. The summed E-state index contributed by atoms with van der Waals surface area (Å²) in [6.07, 6.45) is 3.65. The van der Waals surface area contributed by atoms with Gasteiger partial charge in [-0.3, -0.25) is 0 Å². The zero-order chi connectivity index (χ0) is 10.4. The fourth-order valence-corrected chi connectivity index (χ4v) is 2.07. The summed E-state index contributed by atoms with van der Waals surface area (Å²) in [5.41, 5.74) is 0.875. The van der Waals surface area contributed by atoms with E-state index in [1.165, 1.54) is 19.3 Å². The molecule has 2 heterocycles. The minimum atomic E-state index is 0.517. The third-order valence-corrected chi connectivity index (χ3v) is 3.15. The molecule has 2 aromatic heterocycles. The summed E-state index contributed by atoms with van der Waals surface area (Å²) in [7, 11) is 0. The second kappa shape index (κ2) is 3.17. The van der Waals surface area contributed by atoms with Gasteiger partial charge in [0.05, 0.1) is 0 Å². The van der Waals surface area contributed by atoms with Gasteiger partial charge in [-0.15, -0.1) is 5.10 Å². The van der Waals surface area contributed by atoms with Crippen LogP contribution in [0, 0.1) is 6.92 Å². The summed E-state index contributed by atoms with van der Waals surface area (Å²) in [5.74, 6) is 2.02. The van der Waals surface area contributed by atoms with Gasteiger partial charge in [-0.25, -0.2) is 4.98 Å². The average Bonchev–Trinajstić information content (AvgIpc) is 2.44. The molecule has 0 amide bonds. The molecule has 5 heteroatoms. The summed E-state index contributed by atoms with van der Waals surface area (Å²) in [5, 5.41) is 4.97. The van der Waals surface area contributed by atoms with E-state index in [1.54, 1.807) is 10.6 Å². The molecule has 0 saturated heterocycles. The van der Waals surface area contributed by atoms with Crippen molar-refractivity contribution in [2.24, 2.45) is 0 Å². The van der Waals surface area contributed by atoms with E-state index in [4.69, 9.17) is 11.6 Å². The molecule has 2 aromatic rings. The Morgan fingerprint density at radius 2 is 2.20 bits per heavy atom. The standard InChI is InChI=1S/C10H11ClN4/c1-6-5-8(11)15-10(12-6)13-9(14-15)7-3-2-4-7/h5,7H,2-4H2,1H3. The van der Waals surface area contributed by atoms with Crippen molar-refractivity contribution < 1.29 is 0 Å². The predicted octanol–water partition coefficient (Wildman–Crippen LogP) is 2.35. The lowest BCUT2D eigenvalue weighted by atomic mass is 9.85. The second-order valence-corrected chi connectivity index (χ2v) is 4.42. The lowest BCUT2D eigenvalue weighted by molar-refractivity contribution is 0.402. The summed E-state index contributed by atoms with van der Waals surface area (Å²) in [6.45, 7) is 1.91. The van der Waals surface area contributed by atoms with Gasteiger partial charge in [0.2, 0.25) is 0 Å². The van der Waals surface area contributed by atoms with Crippen LogP contribution in [0.25, 0.3) is 5.78 Å². The lowest BCUT2D eigenvalue weighted by Crippen LogP contribution is -2.10. The molecule has 4 nitrogen and oxygen atoms in total. The summed E-state index contributed by atoms with van der Waals surface area (Å²) < 4.78 is 1.61. The third-order valence-electron chi connectivity index (χ3n) is 2.88. The molecule has 0 aliphatic heterocycles. The molecular formula is C10H11ClN4. The van der Waals surface area contributed by atoms with E-state index in [2.05, 4.69) is 15.1 Å². The Labute approximate surface area is 92.3 Å². The maximum absolute atomic E-state index is 6.06. The molecule has 0 N–H and O–H groups in total. The SMILES string of the molecule is Cc1cc(Cl)n2nc(C3CCC3)nc2n1. The zero-order valence-electron chi connectivity index (χ0n) is 8.44. The lowest BCUT2D eigenvalue weighted by Gasteiger charge is -2.21. The molecule has 3 rings (SSSR count). The largest absolute Gasteiger partial charge is 0.254 e. The summed E-state index contributed by atoms with van der Waals surface area (Å²) >= 11 is 6.06. The Morgan fingerprint density at radius 3 is 2.87 bits per heavy atom. The highest BCUT2D eigenvalue weighted by molar-refractivity contribution is 6.29. The van der Waals surface area contributed by atoms with Gasteiger partial charge in [-0.1, -0.05) is 18.0 Å². The van der Waals surface area contributed by atoms with E-state index in [0.717, 1.165) is 11.5 Å². The van der Waals surface area contributed by atoms with E-state index in [0.29, 0.717) is 16.8 Å². The molecule has 15 heavy (non-hydrogen) atoms. The number of nitrogens with zero attached hydrogens (tertiary/aromatic N) is 4. The molecule has 1 saturated carbocycles. The number of rotatable bonds is 1. The Kier molecular flexibility index (Phi) is 1.92. The molecule has 1 aliphatic rings. The highest BCUT2D eigenvalue weighted by Crippen LogP contribution is 2.34. The van der Waals surface area contributed by atoms with Gasteiger partial charge in [-0.2, -0.15) is 9.50 Å². The van der Waals surface area contributed by atoms with Crippen molar-refractivity contribution in [2.45, 2.75) is 32.1 Å². The van der Waals surface area contributed by atoms with Crippen LogP contribution in [0.2, 0.25) is 5.15 Å². The Morgan fingerprint density at radius 1 is 1.40 bits per heavy atom. The minimum absolute atomic E-state index is 0.517. The number of halogens is 1. The van der Waals surface area contributed by atoms with Gasteiger partial charge in [0.25, 0.3) is 5.78 Å². The van der Waals surface area contributed by atoms with Crippen molar-refractivity contribution >= 4 is 17.4 Å². The zero-order valence-corrected chi connectivity index (χ0v) is 9.20. The average molecular weight is 223 g/mol. The van der Waals surface area contributed by atoms with Crippen molar-refractivity contribution in [3.05, 3.63) is 22.7 Å². The minimum Gasteiger partial charge on any atom is -0.216 e. The summed E-state index contributed by atoms with van der Waals surface area (Å²) in [6, 6.07) is 1.80. The fourth-order valence-electron chi connectivity index (χ4n) is 1.80. The van der Waals surface area contributed by atoms with Gasteiger partial charge in [-0.05, 0) is 25.8 Å². The van der Waals surface area contributed by atoms with Gasteiger partial charge in [0, 0.05) is 11.6 Å². The number of aromatic nitrogens is 4. The number of hydrogen-bond acceptors (Lipinski definition) is 3. The maximum Gasteiger partial charge on any atom is 0.254 e. The molecule has 0 radical (unpaired) electrons. The van der Waals surface area contributed by atoms with Crippen LogP contribution in [0.5, 0.6) is 0 Å². The number of fused-ring (bicyclic) bond motifs is 1. The van der Waals surface area contributed by atoms with Gasteiger partial charge in [0.15, 0.2) is 5.82 Å². The van der Waals surface area contributed by atoms with Crippen LogP contribution in [0.4, 0.5) is 0 Å². The first-order valence-electron chi connectivity index (χ1n) is 5.14. The molecule has 1 fully saturated rings. The normalized spacial score (nSPS) is 16.9. The van der Waals surface area contributed by atoms with Crippen molar-refractivity contribution in [2.75, 3.05) is 0 Å². The summed E-state index contributed by atoms with van der Waals surface area (Å²) in [4.78, 5) is 8.72. The number of hydrogen-bond donors (Lipinski definition) is 0. The van der Waals surface area contributed by atoms with Crippen molar-refractivity contribution in [1.82, 2.24) is 19.6 Å². The van der Waals surface area contributed by atoms with Crippen LogP contribution in [0.1, 0.15) is 36.7 Å². The van der Waals surface area contributed by atoms with Gasteiger partial charge >= 0.3 is 0 Å². The quantitative estimate of drug-likeness (QED) is 0.696. The first kappa shape index (κ1) is 9.09. The smallest absolute Gasteiger partial charge is 0.216 e. The molecule has 0 aromatic carbocycles. The van der Waals surface area contributed by atoms with Crippen LogP contribution in [0.15, 0.2) is 6.07 Å². The first-order valence-corrected chi connectivity index (χ1v) is 5.51. The Bertz CT molecular complexity index is 515. The van der Waals surface area contributed by atoms with Crippen molar-refractivity contribution in [3.63, 3.8) is 0 Å². The van der Waals surface area contributed by atoms with Crippen molar-refractivity contribution in [3.8, 4) is 0 Å². The van der Waals surface area contributed by atoms with Gasteiger partial charge in [0.1, 0.15) is 5.15 Å². The molecule has 0 unspecified atom stereocenters. The molecular weight excluding hydrogens is 212 g/mol. The Hall–Kier alpha value is -1.16. The number of aryl methyl sites for hydroxylation is 1. The van der Waals surface area contributed by atoms with E-state index in [-0.39, 0.29) is 0 Å². The van der Waals surface area contributed by atoms with Crippen LogP contribution in [-0.4, -0.2) is 19.6 Å². The van der Waals surface area contributed by atoms with Crippen LogP contribution in [0.3, 0.4) is 0 Å². The van der Waals surface area contributed by atoms with Crippen LogP contribution in [-0.2, 0) is 0 Å². The maximum atomic E-state index is 6.06. The van der Waals surface area contributed by atoms with E-state index in [9.17, 15) is 0 Å². The molecule has 78 valence electrons. The highest BCUT2D eigenvalue weighted by Gasteiger charge is 2.24. The van der Waals surface area contributed by atoms with E-state index in [1.807, 2.05) is 6.92 Å². The molecule has 0 bridgehead atoms. The molecule has 0 atom stereocenters. The van der Waals surface area contributed by atoms with Gasteiger partial charge < -0.3 is 0 Å².